The lowest BCUT2D eigenvalue weighted by atomic mass is 9.95. The van der Waals surface area contributed by atoms with E-state index in [0.29, 0.717) is 0 Å². The third kappa shape index (κ3) is 4.30. The number of hydrogen-bond acceptors (Lipinski definition) is 2. The number of rotatable bonds is 5. The first-order valence-electron chi connectivity index (χ1n) is 5.92. The van der Waals surface area contributed by atoms with Gasteiger partial charge in [0.15, 0.2) is 0 Å². The van der Waals surface area contributed by atoms with Crippen molar-refractivity contribution in [1.82, 2.24) is 0 Å². The molecule has 0 fully saturated rings. The molecule has 17 heavy (non-hydrogen) atoms. The van der Waals surface area contributed by atoms with Gasteiger partial charge in [-0.2, -0.15) is 0 Å². The fourth-order valence-electron chi connectivity index (χ4n) is 1.67. The van der Waals surface area contributed by atoms with E-state index in [1.54, 1.807) is 7.11 Å². The van der Waals surface area contributed by atoms with Gasteiger partial charge in [-0.25, -0.2) is 0 Å². The summed E-state index contributed by atoms with van der Waals surface area (Å²) in [5.41, 5.74) is 8.28. The van der Waals surface area contributed by atoms with Gasteiger partial charge in [0.2, 0.25) is 0 Å². The van der Waals surface area contributed by atoms with Crippen LogP contribution in [-0.2, 0) is 4.74 Å². The lowest BCUT2D eigenvalue weighted by Crippen LogP contribution is -2.24. The minimum atomic E-state index is -0.112. The van der Waals surface area contributed by atoms with Crippen LogP contribution in [0, 0.1) is 6.92 Å². The predicted molar refractivity (Wildman–Crippen MR) is 73.4 cm³/mol. The van der Waals surface area contributed by atoms with Crippen LogP contribution in [-0.4, -0.2) is 12.7 Å². The second-order valence-electron chi connectivity index (χ2n) is 5.12. The molecule has 0 aliphatic carbocycles. The first-order valence-corrected chi connectivity index (χ1v) is 6.30. The van der Waals surface area contributed by atoms with Crippen LogP contribution >= 0.6 is 11.6 Å². The number of ether oxygens (including phenoxy) is 1. The number of aryl methyl sites for hydroxylation is 1. The van der Waals surface area contributed by atoms with Crippen molar-refractivity contribution in [3.8, 4) is 0 Å². The van der Waals surface area contributed by atoms with Crippen molar-refractivity contribution in [2.45, 2.75) is 45.3 Å². The van der Waals surface area contributed by atoms with E-state index in [1.807, 2.05) is 19.1 Å². The molecule has 1 atom stereocenters. The van der Waals surface area contributed by atoms with E-state index in [2.05, 4.69) is 19.9 Å². The highest BCUT2D eigenvalue weighted by Gasteiger charge is 2.18. The Morgan fingerprint density at radius 1 is 1.41 bits per heavy atom. The monoisotopic (exact) mass is 255 g/mol. The van der Waals surface area contributed by atoms with Crippen molar-refractivity contribution in [1.29, 1.82) is 0 Å². The third-order valence-corrected chi connectivity index (χ3v) is 3.64. The van der Waals surface area contributed by atoms with E-state index in [1.165, 1.54) is 0 Å². The van der Waals surface area contributed by atoms with Gasteiger partial charge in [-0.15, -0.1) is 0 Å². The summed E-state index contributed by atoms with van der Waals surface area (Å²) in [5, 5.41) is 0.790. The summed E-state index contributed by atoms with van der Waals surface area (Å²) in [7, 11) is 1.73. The van der Waals surface area contributed by atoms with Crippen LogP contribution in [0.2, 0.25) is 5.02 Å². The first-order chi connectivity index (χ1) is 7.85. The molecule has 0 radical (unpaired) electrons. The minimum absolute atomic E-state index is 0.0420. The van der Waals surface area contributed by atoms with Crippen LogP contribution in [0.25, 0.3) is 0 Å². The maximum atomic E-state index is 6.18. The summed E-state index contributed by atoms with van der Waals surface area (Å²) in [6.07, 6.45) is 1.84. The molecule has 2 nitrogen and oxygen atoms in total. The molecule has 0 bridgehead atoms. The Balaban J connectivity index is 2.64. The molecule has 0 aliphatic rings. The van der Waals surface area contributed by atoms with Gasteiger partial charge in [-0.05, 0) is 50.8 Å². The van der Waals surface area contributed by atoms with E-state index in [4.69, 9.17) is 22.1 Å². The van der Waals surface area contributed by atoms with E-state index in [-0.39, 0.29) is 11.6 Å². The highest BCUT2D eigenvalue weighted by Crippen LogP contribution is 2.25. The zero-order valence-corrected chi connectivity index (χ0v) is 11.8. The minimum Gasteiger partial charge on any atom is -0.379 e. The summed E-state index contributed by atoms with van der Waals surface area (Å²) < 4.78 is 5.39. The molecule has 3 heteroatoms. The lowest BCUT2D eigenvalue weighted by Gasteiger charge is -2.24. The number of nitrogens with two attached hydrogens (primary N) is 1. The summed E-state index contributed by atoms with van der Waals surface area (Å²) in [4.78, 5) is 0. The second-order valence-corrected chi connectivity index (χ2v) is 5.52. The molecular formula is C14H22ClNO. The van der Waals surface area contributed by atoms with Gasteiger partial charge in [0.05, 0.1) is 5.60 Å². The highest BCUT2D eigenvalue weighted by atomic mass is 35.5. The smallest absolute Gasteiger partial charge is 0.0623 e. The van der Waals surface area contributed by atoms with Gasteiger partial charge in [0.25, 0.3) is 0 Å². The van der Waals surface area contributed by atoms with Crippen molar-refractivity contribution in [2.75, 3.05) is 7.11 Å². The third-order valence-electron chi connectivity index (χ3n) is 3.22. The summed E-state index contributed by atoms with van der Waals surface area (Å²) in [5.74, 6) is 0. The Labute approximate surface area is 109 Å². The molecule has 1 aromatic carbocycles. The topological polar surface area (TPSA) is 35.2 Å². The van der Waals surface area contributed by atoms with Crippen molar-refractivity contribution in [2.24, 2.45) is 5.73 Å². The molecule has 2 N–H and O–H groups in total. The molecule has 0 saturated carbocycles. The Morgan fingerprint density at radius 2 is 2.06 bits per heavy atom. The van der Waals surface area contributed by atoms with E-state index >= 15 is 0 Å². The molecule has 0 aliphatic heterocycles. The van der Waals surface area contributed by atoms with Crippen molar-refractivity contribution >= 4 is 11.6 Å². The van der Waals surface area contributed by atoms with Crippen LogP contribution < -0.4 is 5.73 Å². The van der Waals surface area contributed by atoms with Crippen molar-refractivity contribution in [3.63, 3.8) is 0 Å². The largest absolute Gasteiger partial charge is 0.379 e. The Hall–Kier alpha value is -0.570. The number of halogens is 1. The van der Waals surface area contributed by atoms with Crippen LogP contribution in [0.4, 0.5) is 0 Å². The maximum Gasteiger partial charge on any atom is 0.0623 e. The number of methoxy groups -OCH3 is 1. The zero-order valence-electron chi connectivity index (χ0n) is 11.1. The van der Waals surface area contributed by atoms with Gasteiger partial charge >= 0.3 is 0 Å². The summed E-state index contributed by atoms with van der Waals surface area (Å²) in [6.45, 7) is 6.15. The molecular weight excluding hydrogens is 234 g/mol. The highest BCUT2D eigenvalue weighted by molar-refractivity contribution is 6.31. The fraction of sp³-hybridized carbons (Fsp3) is 0.571. The van der Waals surface area contributed by atoms with Crippen LogP contribution in [0.1, 0.15) is 43.9 Å². The molecule has 0 heterocycles. The molecule has 0 aromatic heterocycles. The van der Waals surface area contributed by atoms with Gasteiger partial charge in [0, 0.05) is 18.2 Å². The van der Waals surface area contributed by atoms with Crippen molar-refractivity contribution < 1.29 is 4.74 Å². The molecule has 0 spiro atoms. The molecule has 0 saturated heterocycles. The Morgan fingerprint density at radius 3 is 2.59 bits per heavy atom. The number of hydrogen-bond donors (Lipinski definition) is 1. The van der Waals surface area contributed by atoms with Gasteiger partial charge in [-0.3, -0.25) is 0 Å². The second kappa shape index (κ2) is 5.85. The molecule has 1 rings (SSSR count). The molecule has 1 unspecified atom stereocenters. The van der Waals surface area contributed by atoms with E-state index < -0.39 is 0 Å². The molecule has 0 amide bonds. The standard InChI is InChI=1S/C14H22ClNO/c1-10-9-11(5-6-12(10)15)13(16)7-8-14(2,3)17-4/h5-6,9,13H,7-8,16H2,1-4H3. The average Bonchev–Trinajstić information content (AvgIpc) is 2.30. The maximum absolute atomic E-state index is 6.18. The van der Waals surface area contributed by atoms with Crippen LogP contribution in [0.5, 0.6) is 0 Å². The van der Waals surface area contributed by atoms with Gasteiger partial charge < -0.3 is 10.5 Å². The Kier molecular flexibility index (Phi) is 4.99. The first kappa shape index (κ1) is 14.5. The van der Waals surface area contributed by atoms with Crippen LogP contribution in [0.15, 0.2) is 18.2 Å². The Bertz CT molecular complexity index is 376. The van der Waals surface area contributed by atoms with Crippen molar-refractivity contribution in [3.05, 3.63) is 34.3 Å². The lowest BCUT2D eigenvalue weighted by molar-refractivity contribution is 0.0125. The SMILES string of the molecule is COC(C)(C)CCC(N)c1ccc(Cl)c(C)c1. The molecule has 96 valence electrons. The van der Waals surface area contributed by atoms with Gasteiger partial charge in [0.1, 0.15) is 0 Å². The zero-order chi connectivity index (χ0) is 13.1. The fourth-order valence-corrected chi connectivity index (χ4v) is 1.79. The van der Waals surface area contributed by atoms with E-state index in [9.17, 15) is 0 Å². The number of benzene rings is 1. The normalized spacial score (nSPS) is 13.8. The summed E-state index contributed by atoms with van der Waals surface area (Å²) in [6, 6.07) is 6.01. The average molecular weight is 256 g/mol. The summed E-state index contributed by atoms with van der Waals surface area (Å²) >= 11 is 6.00. The quantitative estimate of drug-likeness (QED) is 0.867. The molecule has 1 aromatic rings. The van der Waals surface area contributed by atoms with Gasteiger partial charge in [-0.1, -0.05) is 23.7 Å². The van der Waals surface area contributed by atoms with Crippen LogP contribution in [0.3, 0.4) is 0 Å². The predicted octanol–water partition coefficient (Wildman–Crippen LogP) is 3.85. The van der Waals surface area contributed by atoms with E-state index in [0.717, 1.165) is 29.0 Å².